The van der Waals surface area contributed by atoms with Gasteiger partial charge in [0.1, 0.15) is 6.10 Å². The second-order valence-corrected chi connectivity index (χ2v) is 14.2. The molecule has 0 radical (unpaired) electrons. The Morgan fingerprint density at radius 2 is 1.22 bits per heavy atom. The third kappa shape index (κ3) is 14.7. The SMILES string of the molecule is CCCCCCCC(O)CCC[C@@H](O)[C@@H]1CC[C@@H]([C@@H](O)CC[C@@H](O)[C@@H]2CC[C@@H](CCCCCCCCC3=C[C@H](C)OC3=O)O2)O1. The summed E-state index contributed by atoms with van der Waals surface area (Å²) in [4.78, 5) is 11.7. The summed E-state index contributed by atoms with van der Waals surface area (Å²) in [6, 6.07) is 0. The number of unbranched alkanes of at least 4 members (excludes halogenated alkanes) is 9. The molecule has 0 bridgehead atoms. The summed E-state index contributed by atoms with van der Waals surface area (Å²) in [6.07, 6.45) is 21.1. The number of carbonyl (C=O) groups excluding carboxylic acids is 1. The molecule has 0 saturated carbocycles. The molecular formula is C37H66O8. The first-order valence-electron chi connectivity index (χ1n) is 18.7. The fourth-order valence-corrected chi connectivity index (χ4v) is 7.28. The summed E-state index contributed by atoms with van der Waals surface area (Å²) in [5.41, 5.74) is 0.838. The molecule has 3 aliphatic heterocycles. The van der Waals surface area contributed by atoms with E-state index >= 15 is 0 Å². The predicted molar refractivity (Wildman–Crippen MR) is 177 cm³/mol. The van der Waals surface area contributed by atoms with Crippen molar-refractivity contribution in [1.82, 2.24) is 0 Å². The molecule has 2 saturated heterocycles. The van der Waals surface area contributed by atoms with E-state index in [0.717, 1.165) is 76.2 Å². The van der Waals surface area contributed by atoms with E-state index in [1.165, 1.54) is 44.9 Å². The minimum atomic E-state index is -0.657. The number of aliphatic hydroxyl groups is 4. The summed E-state index contributed by atoms with van der Waals surface area (Å²) < 4.78 is 17.4. The summed E-state index contributed by atoms with van der Waals surface area (Å²) >= 11 is 0. The highest BCUT2D eigenvalue weighted by atomic mass is 16.5. The van der Waals surface area contributed by atoms with E-state index in [9.17, 15) is 25.2 Å². The van der Waals surface area contributed by atoms with Gasteiger partial charge in [-0.2, -0.15) is 0 Å². The van der Waals surface area contributed by atoms with E-state index in [-0.39, 0.29) is 42.6 Å². The van der Waals surface area contributed by atoms with E-state index in [4.69, 9.17) is 14.2 Å². The van der Waals surface area contributed by atoms with Crippen LogP contribution in [0.5, 0.6) is 0 Å². The van der Waals surface area contributed by atoms with Crippen molar-refractivity contribution in [2.24, 2.45) is 0 Å². The van der Waals surface area contributed by atoms with Crippen molar-refractivity contribution in [3.05, 3.63) is 11.6 Å². The van der Waals surface area contributed by atoms with Gasteiger partial charge in [-0.05, 0) is 96.5 Å². The number of hydrogen-bond donors (Lipinski definition) is 4. The van der Waals surface area contributed by atoms with Gasteiger partial charge >= 0.3 is 5.97 Å². The number of carbonyl (C=O) groups is 1. The average molecular weight is 639 g/mol. The lowest BCUT2D eigenvalue weighted by molar-refractivity contribution is -0.139. The monoisotopic (exact) mass is 638 g/mol. The standard InChI is InChI=1S/C37H66O8/c1-3-4-5-8-12-16-29(38)17-14-19-31(39)35-24-25-36(45-35)33(41)22-21-32(40)34-23-20-30(44-34)18-13-10-7-6-9-11-15-28-26-27(2)43-37(28)42/h26-27,29-36,38-41H,3-25H2,1-2H3/t27-,29?,30+,31+,32+,33-,34-,35-,36-/m0/s1. The summed E-state index contributed by atoms with van der Waals surface area (Å²) in [6.45, 7) is 4.10. The lowest BCUT2D eigenvalue weighted by Gasteiger charge is -2.24. The van der Waals surface area contributed by atoms with Crippen LogP contribution in [-0.4, -0.2) is 81.3 Å². The van der Waals surface area contributed by atoms with Crippen LogP contribution in [0.2, 0.25) is 0 Å². The number of ether oxygens (including phenoxy) is 3. The molecule has 3 heterocycles. The van der Waals surface area contributed by atoms with Crippen molar-refractivity contribution in [2.45, 2.75) is 216 Å². The molecule has 0 aromatic carbocycles. The molecule has 0 aliphatic carbocycles. The lowest BCUT2D eigenvalue weighted by Crippen LogP contribution is -2.33. The number of aliphatic hydroxyl groups excluding tert-OH is 4. The van der Waals surface area contributed by atoms with Crippen LogP contribution in [0.25, 0.3) is 0 Å². The van der Waals surface area contributed by atoms with Crippen LogP contribution in [0, 0.1) is 0 Å². The van der Waals surface area contributed by atoms with Gasteiger partial charge in [-0.25, -0.2) is 4.79 Å². The maximum Gasteiger partial charge on any atom is 0.334 e. The predicted octanol–water partition coefficient (Wildman–Crippen LogP) is 6.83. The molecule has 2 fully saturated rings. The molecule has 0 spiro atoms. The van der Waals surface area contributed by atoms with Gasteiger partial charge in [-0.15, -0.1) is 0 Å². The van der Waals surface area contributed by atoms with Crippen LogP contribution in [0.4, 0.5) is 0 Å². The first-order chi connectivity index (χ1) is 21.8. The largest absolute Gasteiger partial charge is 0.455 e. The molecule has 3 rings (SSSR count). The van der Waals surface area contributed by atoms with Crippen LogP contribution < -0.4 is 0 Å². The van der Waals surface area contributed by atoms with E-state index < -0.39 is 18.3 Å². The van der Waals surface area contributed by atoms with Crippen molar-refractivity contribution < 1.29 is 39.4 Å². The Hall–Kier alpha value is -1.03. The quantitative estimate of drug-likeness (QED) is 0.0634. The normalized spacial score (nSPS) is 27.8. The minimum Gasteiger partial charge on any atom is -0.455 e. The van der Waals surface area contributed by atoms with Gasteiger partial charge < -0.3 is 34.6 Å². The molecule has 0 aromatic heterocycles. The van der Waals surface area contributed by atoms with E-state index in [1.807, 2.05) is 13.0 Å². The molecule has 0 aromatic rings. The van der Waals surface area contributed by atoms with Gasteiger partial charge in [0.2, 0.25) is 0 Å². The van der Waals surface area contributed by atoms with Crippen LogP contribution in [0.3, 0.4) is 0 Å². The van der Waals surface area contributed by atoms with Crippen LogP contribution in [0.1, 0.15) is 162 Å². The van der Waals surface area contributed by atoms with Gasteiger partial charge in [0.25, 0.3) is 0 Å². The maximum absolute atomic E-state index is 11.7. The highest BCUT2D eigenvalue weighted by molar-refractivity contribution is 5.90. The van der Waals surface area contributed by atoms with E-state index in [0.29, 0.717) is 32.1 Å². The van der Waals surface area contributed by atoms with Crippen molar-refractivity contribution in [3.8, 4) is 0 Å². The highest BCUT2D eigenvalue weighted by Crippen LogP contribution is 2.31. The number of esters is 1. The third-order valence-electron chi connectivity index (χ3n) is 10.2. The number of cyclic esters (lactones) is 1. The van der Waals surface area contributed by atoms with Gasteiger partial charge in [0.15, 0.2) is 0 Å². The van der Waals surface area contributed by atoms with Gasteiger partial charge in [-0.1, -0.05) is 71.1 Å². The van der Waals surface area contributed by atoms with Gasteiger partial charge in [0, 0.05) is 5.57 Å². The Morgan fingerprint density at radius 1 is 0.667 bits per heavy atom. The summed E-state index contributed by atoms with van der Waals surface area (Å²) in [5.74, 6) is -0.145. The molecule has 9 atom stereocenters. The molecule has 262 valence electrons. The van der Waals surface area contributed by atoms with Crippen LogP contribution in [0.15, 0.2) is 11.6 Å². The van der Waals surface area contributed by atoms with E-state index in [2.05, 4.69) is 6.92 Å². The molecular weight excluding hydrogens is 572 g/mol. The van der Waals surface area contributed by atoms with Gasteiger partial charge in [-0.3, -0.25) is 0 Å². The fraction of sp³-hybridized carbons (Fsp3) is 0.919. The van der Waals surface area contributed by atoms with Crippen molar-refractivity contribution >= 4 is 5.97 Å². The second-order valence-electron chi connectivity index (χ2n) is 14.2. The smallest absolute Gasteiger partial charge is 0.334 e. The van der Waals surface area contributed by atoms with Crippen LogP contribution >= 0.6 is 0 Å². The number of hydrogen-bond acceptors (Lipinski definition) is 8. The minimum absolute atomic E-state index is 0.0738. The van der Waals surface area contributed by atoms with Gasteiger partial charge in [0.05, 0.1) is 48.8 Å². The van der Waals surface area contributed by atoms with Crippen molar-refractivity contribution in [3.63, 3.8) is 0 Å². The molecule has 4 N–H and O–H groups in total. The zero-order chi connectivity index (χ0) is 32.4. The third-order valence-corrected chi connectivity index (χ3v) is 10.2. The van der Waals surface area contributed by atoms with Crippen molar-refractivity contribution in [1.29, 1.82) is 0 Å². The lowest BCUT2D eigenvalue weighted by atomic mass is 9.98. The molecule has 0 amide bonds. The first-order valence-corrected chi connectivity index (χ1v) is 18.7. The molecule has 1 unspecified atom stereocenters. The second kappa shape index (κ2) is 21.8. The van der Waals surface area contributed by atoms with Crippen molar-refractivity contribution in [2.75, 3.05) is 0 Å². The number of rotatable bonds is 25. The zero-order valence-electron chi connectivity index (χ0n) is 28.5. The first kappa shape index (κ1) is 38.4. The summed E-state index contributed by atoms with van der Waals surface area (Å²) in [5, 5.41) is 42.4. The van der Waals surface area contributed by atoms with E-state index in [1.54, 1.807) is 0 Å². The Labute approximate surface area is 273 Å². The Bertz CT molecular complexity index is 833. The Balaban J connectivity index is 1.17. The zero-order valence-corrected chi connectivity index (χ0v) is 28.5. The Kier molecular flexibility index (Phi) is 18.6. The summed E-state index contributed by atoms with van der Waals surface area (Å²) in [7, 11) is 0. The molecule has 8 heteroatoms. The average Bonchev–Trinajstić information content (AvgIpc) is 3.77. The maximum atomic E-state index is 11.7. The topological polar surface area (TPSA) is 126 Å². The highest BCUT2D eigenvalue weighted by Gasteiger charge is 2.36. The van der Waals surface area contributed by atoms with Crippen LogP contribution in [-0.2, 0) is 19.0 Å². The molecule has 45 heavy (non-hydrogen) atoms. The molecule has 3 aliphatic rings. The molecule has 8 nitrogen and oxygen atoms in total. The fourth-order valence-electron chi connectivity index (χ4n) is 7.28. The Morgan fingerprint density at radius 3 is 1.89 bits per heavy atom.